The highest BCUT2D eigenvalue weighted by Crippen LogP contribution is 2.12. The lowest BCUT2D eigenvalue weighted by Gasteiger charge is -2.04. The Kier molecular flexibility index (Phi) is 3.14. The van der Waals surface area contributed by atoms with Crippen LogP contribution in [0.3, 0.4) is 0 Å². The maximum atomic E-state index is 11.2. The third kappa shape index (κ3) is 2.56. The molecule has 0 aliphatic heterocycles. The molecule has 5 nitrogen and oxygen atoms in total. The Morgan fingerprint density at radius 3 is 2.40 bits per heavy atom. The van der Waals surface area contributed by atoms with Gasteiger partial charge in [0.15, 0.2) is 9.84 Å². The van der Waals surface area contributed by atoms with Crippen molar-refractivity contribution in [1.29, 1.82) is 5.26 Å². The summed E-state index contributed by atoms with van der Waals surface area (Å²) in [5, 5.41) is 26.4. The Bertz CT molecular complexity index is 518. The lowest BCUT2D eigenvalue weighted by atomic mass is 9.80. The van der Waals surface area contributed by atoms with Crippen molar-refractivity contribution in [1.82, 2.24) is 0 Å². The number of hydrogen-bond acceptors (Lipinski definition) is 5. The molecule has 78 valence electrons. The van der Waals surface area contributed by atoms with Crippen LogP contribution >= 0.6 is 0 Å². The normalized spacial score (nSPS) is 10.8. The van der Waals surface area contributed by atoms with Crippen LogP contribution in [0.2, 0.25) is 0 Å². The van der Waals surface area contributed by atoms with Gasteiger partial charge in [0.2, 0.25) is 0 Å². The van der Waals surface area contributed by atoms with Crippen LogP contribution in [0.25, 0.3) is 0 Å². The van der Waals surface area contributed by atoms with E-state index in [1.54, 1.807) is 6.07 Å². The molecule has 0 fully saturated rings. The molecule has 1 aromatic carbocycles. The predicted molar refractivity (Wildman–Crippen MR) is 54.1 cm³/mol. The standard InChI is InChI=1S/C8H8BNO4S/c1-15(13,14)8-3-2-7(9(11)12)4-6(8)5-10/h2-4,11-12H,1H3. The van der Waals surface area contributed by atoms with E-state index in [1.807, 2.05) is 0 Å². The van der Waals surface area contributed by atoms with E-state index in [0.717, 1.165) is 12.3 Å². The van der Waals surface area contributed by atoms with Crippen molar-refractivity contribution in [3.05, 3.63) is 23.8 Å². The van der Waals surface area contributed by atoms with E-state index in [2.05, 4.69) is 0 Å². The van der Waals surface area contributed by atoms with Crippen molar-refractivity contribution in [2.24, 2.45) is 0 Å². The summed E-state index contributed by atoms with van der Waals surface area (Å²) in [6.45, 7) is 0. The van der Waals surface area contributed by atoms with Crippen molar-refractivity contribution >= 4 is 22.4 Å². The largest absolute Gasteiger partial charge is 0.488 e. The van der Waals surface area contributed by atoms with Crippen molar-refractivity contribution in [2.75, 3.05) is 6.26 Å². The lowest BCUT2D eigenvalue weighted by molar-refractivity contribution is 0.425. The molecule has 0 aliphatic carbocycles. The highest BCUT2D eigenvalue weighted by Gasteiger charge is 2.17. The van der Waals surface area contributed by atoms with Gasteiger partial charge in [-0.15, -0.1) is 0 Å². The molecule has 1 rings (SSSR count). The van der Waals surface area contributed by atoms with Gasteiger partial charge in [0.1, 0.15) is 6.07 Å². The molecular weight excluding hydrogens is 217 g/mol. The minimum Gasteiger partial charge on any atom is -0.423 e. The molecule has 0 bridgehead atoms. The number of rotatable bonds is 2. The third-order valence-electron chi connectivity index (χ3n) is 1.82. The van der Waals surface area contributed by atoms with Crippen LogP contribution in [0.15, 0.2) is 23.1 Å². The summed E-state index contributed by atoms with van der Waals surface area (Å²) in [4.78, 5) is -0.116. The van der Waals surface area contributed by atoms with Crippen molar-refractivity contribution < 1.29 is 18.5 Å². The van der Waals surface area contributed by atoms with Crippen molar-refractivity contribution in [3.63, 3.8) is 0 Å². The van der Waals surface area contributed by atoms with Crippen molar-refractivity contribution in [3.8, 4) is 6.07 Å². The van der Waals surface area contributed by atoms with Gasteiger partial charge in [0, 0.05) is 6.26 Å². The number of hydrogen-bond donors (Lipinski definition) is 2. The minimum atomic E-state index is -3.47. The van der Waals surface area contributed by atoms with E-state index in [4.69, 9.17) is 15.3 Å². The van der Waals surface area contributed by atoms with E-state index in [1.165, 1.54) is 12.1 Å². The average Bonchev–Trinajstić information content (AvgIpc) is 2.15. The maximum Gasteiger partial charge on any atom is 0.488 e. The summed E-state index contributed by atoms with van der Waals surface area (Å²) in [5.41, 5.74) is -0.0120. The Morgan fingerprint density at radius 2 is 2.00 bits per heavy atom. The summed E-state index contributed by atoms with van der Waals surface area (Å²) >= 11 is 0. The summed E-state index contributed by atoms with van der Waals surface area (Å²) in [7, 11) is -5.19. The van der Waals surface area contributed by atoms with Crippen molar-refractivity contribution in [2.45, 2.75) is 4.90 Å². The molecule has 15 heavy (non-hydrogen) atoms. The molecule has 0 aromatic heterocycles. The summed E-state index contributed by atoms with van der Waals surface area (Å²) in [5.74, 6) is 0. The van der Waals surface area contributed by atoms with Gasteiger partial charge < -0.3 is 10.0 Å². The van der Waals surface area contributed by atoms with E-state index < -0.39 is 17.0 Å². The van der Waals surface area contributed by atoms with Crippen LogP contribution in [0.4, 0.5) is 0 Å². The number of nitriles is 1. The van der Waals surface area contributed by atoms with Gasteiger partial charge in [0.25, 0.3) is 0 Å². The quantitative estimate of drug-likeness (QED) is 0.605. The van der Waals surface area contributed by atoms with Gasteiger partial charge in [-0.05, 0) is 17.6 Å². The molecule has 1 aromatic rings. The number of nitrogens with zero attached hydrogens (tertiary/aromatic N) is 1. The smallest absolute Gasteiger partial charge is 0.423 e. The fourth-order valence-electron chi connectivity index (χ4n) is 1.12. The van der Waals surface area contributed by atoms with Crippen LogP contribution in [-0.2, 0) is 9.84 Å². The topological polar surface area (TPSA) is 98.4 Å². The van der Waals surface area contributed by atoms with Gasteiger partial charge in [-0.1, -0.05) is 6.07 Å². The molecule has 0 saturated heterocycles. The number of benzene rings is 1. The zero-order valence-corrected chi connectivity index (χ0v) is 8.69. The Hall–Kier alpha value is -1.36. The van der Waals surface area contributed by atoms with Crippen LogP contribution in [-0.4, -0.2) is 31.8 Å². The van der Waals surface area contributed by atoms with Crippen LogP contribution in [0.1, 0.15) is 5.56 Å². The van der Waals surface area contributed by atoms with Gasteiger partial charge in [0.05, 0.1) is 10.5 Å². The molecule has 0 unspecified atom stereocenters. The molecule has 7 heteroatoms. The van der Waals surface area contributed by atoms with Gasteiger partial charge in [-0.2, -0.15) is 5.26 Å². The van der Waals surface area contributed by atoms with E-state index >= 15 is 0 Å². The summed E-state index contributed by atoms with van der Waals surface area (Å²) in [6.07, 6.45) is 0.984. The highest BCUT2D eigenvalue weighted by molar-refractivity contribution is 7.90. The molecule has 0 heterocycles. The predicted octanol–water partition coefficient (Wildman–Crippen LogP) is -1.36. The average molecular weight is 225 g/mol. The third-order valence-corrected chi connectivity index (χ3v) is 2.98. The Labute approximate surface area is 87.7 Å². The molecule has 0 amide bonds. The first-order valence-corrected chi connectivity index (χ1v) is 5.85. The van der Waals surface area contributed by atoms with Gasteiger partial charge in [-0.25, -0.2) is 8.42 Å². The molecule has 0 saturated carbocycles. The summed E-state index contributed by atoms with van der Waals surface area (Å²) < 4.78 is 22.4. The molecule has 0 aliphatic rings. The lowest BCUT2D eigenvalue weighted by Crippen LogP contribution is -2.30. The molecule has 0 spiro atoms. The van der Waals surface area contributed by atoms with Crippen LogP contribution in [0.5, 0.6) is 0 Å². The first kappa shape index (κ1) is 11.7. The molecular formula is C8H8BNO4S. The number of sulfone groups is 1. The molecule has 0 atom stereocenters. The zero-order valence-electron chi connectivity index (χ0n) is 7.88. The molecule has 0 radical (unpaired) electrons. The fraction of sp³-hybridized carbons (Fsp3) is 0.125. The maximum absolute atomic E-state index is 11.2. The zero-order chi connectivity index (χ0) is 11.6. The van der Waals surface area contributed by atoms with Gasteiger partial charge in [-0.3, -0.25) is 0 Å². The Morgan fingerprint density at radius 1 is 1.40 bits per heavy atom. The SMILES string of the molecule is CS(=O)(=O)c1ccc(B(O)O)cc1C#N. The monoisotopic (exact) mass is 225 g/mol. The minimum absolute atomic E-state index is 0.0824. The van der Waals surface area contributed by atoms with E-state index in [-0.39, 0.29) is 15.9 Å². The van der Waals surface area contributed by atoms with E-state index in [9.17, 15) is 8.42 Å². The second-order valence-corrected chi connectivity index (χ2v) is 5.00. The van der Waals surface area contributed by atoms with Crippen LogP contribution in [0, 0.1) is 11.3 Å². The molecule has 2 N–H and O–H groups in total. The highest BCUT2D eigenvalue weighted by atomic mass is 32.2. The van der Waals surface area contributed by atoms with E-state index in [0.29, 0.717) is 0 Å². The summed E-state index contributed by atoms with van der Waals surface area (Å²) in [6, 6.07) is 5.27. The Balaban J connectivity index is 3.43. The second kappa shape index (κ2) is 4.02. The van der Waals surface area contributed by atoms with Gasteiger partial charge >= 0.3 is 7.12 Å². The van der Waals surface area contributed by atoms with Crippen LogP contribution < -0.4 is 5.46 Å². The first-order valence-electron chi connectivity index (χ1n) is 3.96. The fourth-order valence-corrected chi connectivity index (χ4v) is 1.94. The second-order valence-electron chi connectivity index (χ2n) is 3.01. The first-order chi connectivity index (χ1) is 6.86.